The van der Waals surface area contributed by atoms with E-state index in [1.165, 1.54) is 12.8 Å². The van der Waals surface area contributed by atoms with Crippen LogP contribution in [-0.4, -0.2) is 18.0 Å². The molecule has 3 heteroatoms. The quantitative estimate of drug-likeness (QED) is 0.670. The highest BCUT2D eigenvalue weighted by Gasteiger charge is 2.29. The van der Waals surface area contributed by atoms with E-state index in [2.05, 4.69) is 5.32 Å². The molecule has 0 saturated heterocycles. The first-order valence-corrected chi connectivity index (χ1v) is 5.13. The fourth-order valence-electron chi connectivity index (χ4n) is 1.39. The van der Waals surface area contributed by atoms with Crippen molar-refractivity contribution in [2.75, 3.05) is 6.54 Å². The van der Waals surface area contributed by atoms with Crippen molar-refractivity contribution in [2.45, 2.75) is 45.1 Å². The molecular formula is C10H20N2O. The Bertz CT molecular complexity index is 185. The van der Waals surface area contributed by atoms with Gasteiger partial charge in [0.05, 0.1) is 5.54 Å². The maximum Gasteiger partial charge on any atom is 0.239 e. The van der Waals surface area contributed by atoms with Crippen molar-refractivity contribution in [3.63, 3.8) is 0 Å². The summed E-state index contributed by atoms with van der Waals surface area (Å²) in [6.45, 7) is 4.66. The molecule has 0 spiro atoms. The topological polar surface area (TPSA) is 55.1 Å². The number of carbonyl (C=O) groups excluding carboxylic acids is 1. The largest absolute Gasteiger partial charge is 0.354 e. The highest BCUT2D eigenvalue weighted by atomic mass is 16.2. The van der Waals surface area contributed by atoms with E-state index in [0.29, 0.717) is 0 Å². The molecule has 0 heterocycles. The summed E-state index contributed by atoms with van der Waals surface area (Å²) < 4.78 is 0. The molecule has 0 bridgehead atoms. The molecule has 13 heavy (non-hydrogen) atoms. The number of carbonyl (C=O) groups is 1. The lowest BCUT2D eigenvalue weighted by molar-refractivity contribution is -0.126. The van der Waals surface area contributed by atoms with Crippen LogP contribution in [0.15, 0.2) is 0 Å². The summed E-state index contributed by atoms with van der Waals surface area (Å²) >= 11 is 0. The second kappa shape index (κ2) is 4.09. The van der Waals surface area contributed by atoms with E-state index in [9.17, 15) is 4.79 Å². The van der Waals surface area contributed by atoms with Crippen molar-refractivity contribution >= 4 is 5.91 Å². The van der Waals surface area contributed by atoms with E-state index in [0.717, 1.165) is 25.3 Å². The molecule has 0 aromatic rings. The average molecular weight is 184 g/mol. The second-order valence-corrected chi connectivity index (χ2v) is 4.32. The molecule has 0 aromatic carbocycles. The average Bonchev–Trinajstić information content (AvgIpc) is 2.83. The zero-order valence-corrected chi connectivity index (χ0v) is 8.60. The molecule has 0 aliphatic heterocycles. The van der Waals surface area contributed by atoms with Gasteiger partial charge in [-0.1, -0.05) is 13.3 Å². The molecule has 0 radical (unpaired) electrons. The van der Waals surface area contributed by atoms with Gasteiger partial charge in [-0.15, -0.1) is 0 Å². The van der Waals surface area contributed by atoms with Gasteiger partial charge in [0, 0.05) is 6.54 Å². The van der Waals surface area contributed by atoms with Crippen molar-refractivity contribution < 1.29 is 4.79 Å². The first-order chi connectivity index (χ1) is 6.06. The highest BCUT2D eigenvalue weighted by Crippen LogP contribution is 2.27. The van der Waals surface area contributed by atoms with E-state index < -0.39 is 5.54 Å². The van der Waals surface area contributed by atoms with Crippen molar-refractivity contribution in [3.8, 4) is 0 Å². The zero-order valence-electron chi connectivity index (χ0n) is 8.60. The van der Waals surface area contributed by atoms with Crippen LogP contribution in [-0.2, 0) is 4.79 Å². The maximum atomic E-state index is 11.6. The molecule has 0 aromatic heterocycles. The van der Waals surface area contributed by atoms with Crippen LogP contribution in [0.25, 0.3) is 0 Å². The van der Waals surface area contributed by atoms with Crippen LogP contribution in [0.5, 0.6) is 0 Å². The van der Waals surface area contributed by atoms with Gasteiger partial charge >= 0.3 is 0 Å². The van der Waals surface area contributed by atoms with E-state index >= 15 is 0 Å². The van der Waals surface area contributed by atoms with Crippen LogP contribution < -0.4 is 11.1 Å². The van der Waals surface area contributed by atoms with Crippen LogP contribution in [0, 0.1) is 5.92 Å². The lowest BCUT2D eigenvalue weighted by Gasteiger charge is -2.22. The fourth-order valence-corrected chi connectivity index (χ4v) is 1.39. The normalized spacial score (nSPS) is 20.8. The van der Waals surface area contributed by atoms with Gasteiger partial charge in [0.2, 0.25) is 5.91 Å². The van der Waals surface area contributed by atoms with Crippen LogP contribution in [0.1, 0.15) is 39.5 Å². The van der Waals surface area contributed by atoms with Crippen LogP contribution >= 0.6 is 0 Å². The van der Waals surface area contributed by atoms with Gasteiger partial charge in [-0.05, 0) is 32.1 Å². The van der Waals surface area contributed by atoms with Gasteiger partial charge in [-0.25, -0.2) is 0 Å². The predicted octanol–water partition coefficient (Wildman–Crippen LogP) is 1.03. The van der Waals surface area contributed by atoms with Crippen molar-refractivity contribution in [1.82, 2.24) is 5.32 Å². The Morgan fingerprint density at radius 1 is 1.62 bits per heavy atom. The summed E-state index contributed by atoms with van der Waals surface area (Å²) in [6, 6.07) is 0. The number of hydrogen-bond donors (Lipinski definition) is 2. The van der Waals surface area contributed by atoms with Crippen LogP contribution in [0.3, 0.4) is 0 Å². The van der Waals surface area contributed by atoms with Gasteiger partial charge in [0.15, 0.2) is 0 Å². The van der Waals surface area contributed by atoms with E-state index in [1.54, 1.807) is 6.92 Å². The predicted molar refractivity (Wildman–Crippen MR) is 53.2 cm³/mol. The van der Waals surface area contributed by atoms with Crippen molar-refractivity contribution in [2.24, 2.45) is 11.7 Å². The lowest BCUT2D eigenvalue weighted by Crippen LogP contribution is -2.51. The molecule has 1 rings (SSSR count). The third-order valence-electron chi connectivity index (χ3n) is 2.54. The molecule has 1 aliphatic carbocycles. The number of amides is 1. The summed E-state index contributed by atoms with van der Waals surface area (Å²) in [4.78, 5) is 11.6. The summed E-state index contributed by atoms with van der Waals surface area (Å²) in [5.41, 5.74) is 5.19. The molecule has 76 valence electrons. The van der Waals surface area contributed by atoms with Crippen LogP contribution in [0.2, 0.25) is 0 Å². The monoisotopic (exact) mass is 184 g/mol. The minimum Gasteiger partial charge on any atom is -0.354 e. The third-order valence-corrected chi connectivity index (χ3v) is 2.54. The summed E-state index contributed by atoms with van der Waals surface area (Å²) in [7, 11) is 0. The van der Waals surface area contributed by atoms with Crippen molar-refractivity contribution in [1.29, 1.82) is 0 Å². The first kappa shape index (κ1) is 10.5. The molecule has 1 amide bonds. The van der Waals surface area contributed by atoms with Crippen LogP contribution in [0.4, 0.5) is 0 Å². The molecule has 1 atom stereocenters. The van der Waals surface area contributed by atoms with E-state index in [4.69, 9.17) is 5.73 Å². The summed E-state index contributed by atoms with van der Waals surface area (Å²) in [5, 5.41) is 2.91. The van der Waals surface area contributed by atoms with E-state index in [1.807, 2.05) is 6.92 Å². The third kappa shape index (κ3) is 3.35. The van der Waals surface area contributed by atoms with Gasteiger partial charge in [0.25, 0.3) is 0 Å². The van der Waals surface area contributed by atoms with Gasteiger partial charge in [-0.2, -0.15) is 0 Å². The molecule has 3 N–H and O–H groups in total. The molecule has 1 unspecified atom stereocenters. The Morgan fingerprint density at radius 2 is 2.23 bits per heavy atom. The lowest BCUT2D eigenvalue weighted by atomic mass is 9.96. The van der Waals surface area contributed by atoms with Crippen molar-refractivity contribution in [3.05, 3.63) is 0 Å². The number of hydrogen-bond acceptors (Lipinski definition) is 2. The Kier molecular flexibility index (Phi) is 3.31. The SMILES string of the molecule is CCCC(C)(N)C(=O)NCC1CC1. The molecule has 1 aliphatic rings. The summed E-state index contributed by atoms with van der Waals surface area (Å²) in [5.74, 6) is 0.725. The smallest absolute Gasteiger partial charge is 0.239 e. The Morgan fingerprint density at radius 3 is 2.69 bits per heavy atom. The first-order valence-electron chi connectivity index (χ1n) is 5.13. The Balaban J connectivity index is 2.26. The van der Waals surface area contributed by atoms with E-state index in [-0.39, 0.29) is 5.91 Å². The zero-order chi connectivity index (χ0) is 9.90. The maximum absolute atomic E-state index is 11.6. The standard InChI is InChI=1S/C10H20N2O/c1-3-6-10(2,11)9(13)12-7-8-4-5-8/h8H,3-7,11H2,1-2H3,(H,12,13). The number of rotatable bonds is 5. The Labute approximate surface area is 80.1 Å². The fraction of sp³-hybridized carbons (Fsp3) is 0.900. The summed E-state index contributed by atoms with van der Waals surface area (Å²) in [6.07, 6.45) is 4.22. The van der Waals surface area contributed by atoms with Gasteiger partial charge < -0.3 is 11.1 Å². The Hall–Kier alpha value is -0.570. The van der Waals surface area contributed by atoms with Gasteiger partial charge in [0.1, 0.15) is 0 Å². The highest BCUT2D eigenvalue weighted by molar-refractivity contribution is 5.85. The molecule has 1 fully saturated rings. The number of nitrogens with one attached hydrogen (secondary N) is 1. The second-order valence-electron chi connectivity index (χ2n) is 4.32. The number of nitrogens with two attached hydrogens (primary N) is 1. The van der Waals surface area contributed by atoms with Gasteiger partial charge in [-0.3, -0.25) is 4.79 Å². The minimum atomic E-state index is -0.677. The molecule has 3 nitrogen and oxygen atoms in total. The molecular weight excluding hydrogens is 164 g/mol. The molecule has 1 saturated carbocycles. The minimum absolute atomic E-state index is 0.00116.